The number of ether oxygens (including phenoxy) is 1. The Hall–Kier alpha value is -2.60. The topological polar surface area (TPSA) is 71.5 Å². The van der Waals surface area contributed by atoms with Crippen LogP contribution >= 0.6 is 11.6 Å². The number of pyridine rings is 1. The second-order valence-electron chi connectivity index (χ2n) is 5.42. The van der Waals surface area contributed by atoms with E-state index in [1.54, 1.807) is 24.4 Å². The SMILES string of the molecule is C[C@H](NC(=O)CN1C(=O)COc2ccc(Cl)cc21)c1ccccn1. The number of carbonyl (C=O) groups is 2. The van der Waals surface area contributed by atoms with Crippen molar-refractivity contribution in [3.63, 3.8) is 0 Å². The van der Waals surface area contributed by atoms with Crippen molar-refractivity contribution < 1.29 is 14.3 Å². The number of rotatable bonds is 4. The van der Waals surface area contributed by atoms with Crippen molar-refractivity contribution in [3.8, 4) is 5.75 Å². The molecule has 2 amide bonds. The lowest BCUT2D eigenvalue weighted by molar-refractivity contribution is -0.125. The summed E-state index contributed by atoms with van der Waals surface area (Å²) in [5.74, 6) is -0.0377. The maximum atomic E-state index is 12.3. The summed E-state index contributed by atoms with van der Waals surface area (Å²) >= 11 is 5.99. The van der Waals surface area contributed by atoms with Crippen molar-refractivity contribution in [2.45, 2.75) is 13.0 Å². The van der Waals surface area contributed by atoms with E-state index >= 15 is 0 Å². The van der Waals surface area contributed by atoms with Gasteiger partial charge in [-0.15, -0.1) is 0 Å². The molecule has 1 N–H and O–H groups in total. The third kappa shape index (κ3) is 3.49. The summed E-state index contributed by atoms with van der Waals surface area (Å²) in [6, 6.07) is 10.2. The first-order chi connectivity index (χ1) is 11.5. The Balaban J connectivity index is 1.72. The first-order valence-electron chi connectivity index (χ1n) is 7.47. The maximum Gasteiger partial charge on any atom is 0.265 e. The van der Waals surface area contributed by atoms with Crippen LogP contribution < -0.4 is 15.0 Å². The number of halogens is 1. The molecular formula is C17H16ClN3O3. The highest BCUT2D eigenvalue weighted by Crippen LogP contribution is 2.34. The summed E-state index contributed by atoms with van der Waals surface area (Å²) in [7, 11) is 0. The Kier molecular flexibility index (Phi) is 4.66. The Morgan fingerprint density at radius 2 is 2.25 bits per heavy atom. The van der Waals surface area contributed by atoms with Gasteiger partial charge in [-0.1, -0.05) is 17.7 Å². The van der Waals surface area contributed by atoms with Gasteiger partial charge in [0.15, 0.2) is 6.61 Å². The highest BCUT2D eigenvalue weighted by molar-refractivity contribution is 6.31. The fraction of sp³-hybridized carbons (Fsp3) is 0.235. The third-order valence-corrected chi connectivity index (χ3v) is 3.91. The summed E-state index contributed by atoms with van der Waals surface area (Å²) < 4.78 is 5.36. The fourth-order valence-corrected chi connectivity index (χ4v) is 2.65. The van der Waals surface area contributed by atoms with E-state index in [9.17, 15) is 9.59 Å². The van der Waals surface area contributed by atoms with Crippen molar-refractivity contribution in [1.82, 2.24) is 10.3 Å². The highest BCUT2D eigenvalue weighted by atomic mass is 35.5. The van der Waals surface area contributed by atoms with Crippen LogP contribution in [0, 0.1) is 0 Å². The number of hydrogen-bond donors (Lipinski definition) is 1. The summed E-state index contributed by atoms with van der Waals surface area (Å²) in [6.07, 6.45) is 1.67. The number of anilines is 1. The maximum absolute atomic E-state index is 12.3. The molecule has 2 heterocycles. The lowest BCUT2D eigenvalue weighted by Gasteiger charge is -2.29. The van der Waals surface area contributed by atoms with Crippen LogP contribution in [0.3, 0.4) is 0 Å². The van der Waals surface area contributed by atoms with Crippen molar-refractivity contribution in [2.75, 3.05) is 18.1 Å². The molecule has 3 rings (SSSR count). The zero-order valence-electron chi connectivity index (χ0n) is 13.0. The van der Waals surface area contributed by atoms with Crippen LogP contribution in [0.4, 0.5) is 5.69 Å². The molecule has 0 spiro atoms. The van der Waals surface area contributed by atoms with Crippen molar-refractivity contribution in [3.05, 3.63) is 53.3 Å². The number of nitrogens with one attached hydrogen (secondary N) is 1. The average molecular weight is 346 g/mol. The first kappa shape index (κ1) is 16.3. The summed E-state index contributed by atoms with van der Waals surface area (Å²) in [5, 5.41) is 3.31. The minimum atomic E-state index is -0.287. The molecular weight excluding hydrogens is 330 g/mol. The number of carbonyl (C=O) groups excluding carboxylic acids is 2. The van der Waals surface area contributed by atoms with Gasteiger partial charge in [-0.2, -0.15) is 0 Å². The normalized spacial score (nSPS) is 14.6. The zero-order valence-corrected chi connectivity index (χ0v) is 13.8. The largest absolute Gasteiger partial charge is 0.482 e. The van der Waals surface area contributed by atoms with Gasteiger partial charge < -0.3 is 10.1 Å². The molecule has 0 fully saturated rings. The van der Waals surface area contributed by atoms with Crippen LogP contribution in [0.25, 0.3) is 0 Å². The molecule has 7 heteroatoms. The number of benzene rings is 1. The number of hydrogen-bond acceptors (Lipinski definition) is 4. The molecule has 124 valence electrons. The minimum absolute atomic E-state index is 0.0995. The third-order valence-electron chi connectivity index (χ3n) is 3.67. The Bertz CT molecular complexity index is 767. The molecule has 1 atom stereocenters. The molecule has 1 aromatic carbocycles. The Morgan fingerprint density at radius 3 is 3.00 bits per heavy atom. The molecule has 0 unspecified atom stereocenters. The van der Waals surface area contributed by atoms with E-state index in [0.29, 0.717) is 16.5 Å². The van der Waals surface area contributed by atoms with E-state index in [4.69, 9.17) is 16.3 Å². The van der Waals surface area contributed by atoms with Crippen LogP contribution in [0.2, 0.25) is 5.02 Å². The van der Waals surface area contributed by atoms with E-state index in [0.717, 1.165) is 5.69 Å². The number of nitrogens with zero attached hydrogens (tertiary/aromatic N) is 2. The van der Waals surface area contributed by atoms with Crippen LogP contribution in [-0.2, 0) is 9.59 Å². The van der Waals surface area contributed by atoms with Crippen LogP contribution in [0.15, 0.2) is 42.6 Å². The molecule has 24 heavy (non-hydrogen) atoms. The molecule has 1 aliphatic rings. The molecule has 2 aromatic rings. The van der Waals surface area contributed by atoms with Crippen LogP contribution in [0.5, 0.6) is 5.75 Å². The first-order valence-corrected chi connectivity index (χ1v) is 7.85. The van der Waals surface area contributed by atoms with Gasteiger partial charge in [0, 0.05) is 11.2 Å². The van der Waals surface area contributed by atoms with Crippen LogP contribution in [0.1, 0.15) is 18.7 Å². The standard InChI is InChI=1S/C17H16ClN3O3/c1-11(13-4-2-3-7-19-13)20-16(22)9-21-14-8-12(18)5-6-15(14)24-10-17(21)23/h2-8,11H,9-10H2,1H3,(H,20,22)/t11-/m0/s1. The summed E-state index contributed by atoms with van der Waals surface area (Å²) in [5.41, 5.74) is 1.25. The monoisotopic (exact) mass is 345 g/mol. The van der Waals surface area contributed by atoms with Gasteiger partial charge in [-0.3, -0.25) is 19.5 Å². The number of aromatic nitrogens is 1. The molecule has 6 nitrogen and oxygen atoms in total. The second-order valence-corrected chi connectivity index (χ2v) is 5.86. The van der Waals surface area contributed by atoms with Gasteiger partial charge in [0.25, 0.3) is 5.91 Å². The van der Waals surface area contributed by atoms with Gasteiger partial charge in [0.2, 0.25) is 5.91 Å². The van der Waals surface area contributed by atoms with Crippen molar-refractivity contribution >= 4 is 29.1 Å². The highest BCUT2D eigenvalue weighted by Gasteiger charge is 2.28. The quantitative estimate of drug-likeness (QED) is 0.923. The Labute approximate surface area is 144 Å². The van der Waals surface area contributed by atoms with Crippen LogP contribution in [-0.4, -0.2) is 29.9 Å². The number of amides is 2. The lowest BCUT2D eigenvalue weighted by Crippen LogP contribution is -2.45. The smallest absolute Gasteiger partial charge is 0.265 e. The van der Waals surface area contributed by atoms with Gasteiger partial charge in [0.1, 0.15) is 12.3 Å². The van der Waals surface area contributed by atoms with Gasteiger partial charge >= 0.3 is 0 Å². The van der Waals surface area contributed by atoms with Crippen molar-refractivity contribution in [2.24, 2.45) is 0 Å². The van der Waals surface area contributed by atoms with E-state index in [2.05, 4.69) is 10.3 Å². The summed E-state index contributed by atoms with van der Waals surface area (Å²) in [4.78, 5) is 30.0. The molecule has 0 aliphatic carbocycles. The summed E-state index contributed by atoms with van der Waals surface area (Å²) in [6.45, 7) is 1.64. The van der Waals surface area contributed by atoms with Gasteiger partial charge in [-0.05, 0) is 37.3 Å². The average Bonchev–Trinajstić information content (AvgIpc) is 2.58. The molecule has 0 saturated heterocycles. The van der Waals surface area contributed by atoms with Crippen molar-refractivity contribution in [1.29, 1.82) is 0 Å². The molecule has 0 saturated carbocycles. The van der Waals surface area contributed by atoms with E-state index in [-0.39, 0.29) is 31.0 Å². The fourth-order valence-electron chi connectivity index (χ4n) is 2.49. The molecule has 1 aliphatic heterocycles. The van der Waals surface area contributed by atoms with Gasteiger partial charge in [0.05, 0.1) is 17.4 Å². The molecule has 1 aromatic heterocycles. The minimum Gasteiger partial charge on any atom is -0.482 e. The predicted molar refractivity (Wildman–Crippen MR) is 90.1 cm³/mol. The Morgan fingerprint density at radius 1 is 1.42 bits per heavy atom. The van der Waals surface area contributed by atoms with E-state index < -0.39 is 0 Å². The lowest BCUT2D eigenvalue weighted by atomic mass is 10.2. The van der Waals surface area contributed by atoms with E-state index in [1.165, 1.54) is 4.90 Å². The molecule has 0 bridgehead atoms. The van der Waals surface area contributed by atoms with E-state index in [1.807, 2.05) is 25.1 Å². The second kappa shape index (κ2) is 6.88. The number of fused-ring (bicyclic) bond motifs is 1. The zero-order chi connectivity index (χ0) is 17.1. The van der Waals surface area contributed by atoms with Gasteiger partial charge in [-0.25, -0.2) is 0 Å². The predicted octanol–water partition coefficient (Wildman–Crippen LogP) is 2.34. The molecule has 0 radical (unpaired) electrons.